The zero-order chi connectivity index (χ0) is 6.97. The number of nitrogens with one attached hydrogen (secondary N) is 1. The van der Waals surface area contributed by atoms with Crippen molar-refractivity contribution in [2.24, 2.45) is 0 Å². The van der Waals surface area contributed by atoms with Gasteiger partial charge in [-0.15, -0.1) is 0 Å². The summed E-state index contributed by atoms with van der Waals surface area (Å²) in [6, 6.07) is 1.75. The maximum Gasteiger partial charge on any atom is 0.235 e. The molecule has 2 heterocycles. The van der Waals surface area contributed by atoms with Crippen LogP contribution >= 0.6 is 0 Å². The molecule has 50 valence electrons. The molecule has 0 spiro atoms. The van der Waals surface area contributed by atoms with Gasteiger partial charge in [0.25, 0.3) is 0 Å². The molecular weight excluding hydrogens is 130 g/mol. The third-order valence-corrected chi connectivity index (χ3v) is 1.32. The number of hydrogen-bond donors (Lipinski definition) is 1. The van der Waals surface area contributed by atoms with Crippen LogP contribution in [0.15, 0.2) is 23.1 Å². The molecule has 0 aromatic carbocycles. The molecule has 0 amide bonds. The molecule has 0 atom stereocenters. The highest BCUT2D eigenvalue weighted by Crippen LogP contribution is 2.05. The molecule has 4 heteroatoms. The third kappa shape index (κ3) is 0.556. The second-order valence-electron chi connectivity index (χ2n) is 1.98. The smallest absolute Gasteiger partial charge is 0.235 e. The summed E-state index contributed by atoms with van der Waals surface area (Å²) in [5, 5.41) is 10.5. The number of aromatic nitrogens is 2. The fraction of sp³-hybridized carbons (Fsp3) is 0. The molecule has 0 fully saturated rings. The van der Waals surface area contributed by atoms with Crippen molar-refractivity contribution < 1.29 is 4.52 Å². The van der Waals surface area contributed by atoms with Crippen LogP contribution in [0.2, 0.25) is 0 Å². The molecule has 0 aliphatic rings. The molecule has 2 aromatic heterocycles. The first-order valence-corrected chi connectivity index (χ1v) is 2.83. The fourth-order valence-corrected chi connectivity index (χ4v) is 0.850. The van der Waals surface area contributed by atoms with Crippen molar-refractivity contribution in [1.82, 2.24) is 9.56 Å². The van der Waals surface area contributed by atoms with Gasteiger partial charge in [-0.05, 0) is 0 Å². The third-order valence-electron chi connectivity index (χ3n) is 1.32. The van der Waals surface area contributed by atoms with E-state index >= 15 is 0 Å². The zero-order valence-corrected chi connectivity index (χ0v) is 5.11. The van der Waals surface area contributed by atoms with Gasteiger partial charge in [0.15, 0.2) is 0 Å². The molecule has 0 bridgehead atoms. The summed E-state index contributed by atoms with van der Waals surface area (Å²) < 4.78 is 6.53. The van der Waals surface area contributed by atoms with E-state index in [4.69, 9.17) is 9.93 Å². The van der Waals surface area contributed by atoms with Crippen molar-refractivity contribution in [2.45, 2.75) is 0 Å². The van der Waals surface area contributed by atoms with Crippen LogP contribution in [0.4, 0.5) is 0 Å². The second-order valence-corrected chi connectivity index (χ2v) is 1.98. The maximum absolute atomic E-state index is 6.91. The van der Waals surface area contributed by atoms with E-state index in [0.717, 1.165) is 5.56 Å². The fourth-order valence-electron chi connectivity index (χ4n) is 0.850. The Morgan fingerprint density at radius 3 is 3.30 bits per heavy atom. The Balaban J connectivity index is 2.78. The molecule has 0 aliphatic heterocycles. The summed E-state index contributed by atoms with van der Waals surface area (Å²) in [7, 11) is 0. The summed E-state index contributed by atoms with van der Waals surface area (Å²) in [5.74, 6) is 0. The van der Waals surface area contributed by atoms with Gasteiger partial charge in [0.05, 0.1) is 0 Å². The molecule has 2 aromatic rings. The van der Waals surface area contributed by atoms with E-state index in [1.807, 2.05) is 0 Å². The quantitative estimate of drug-likeness (QED) is 0.591. The van der Waals surface area contributed by atoms with Crippen molar-refractivity contribution >= 4 is 11.9 Å². The molecular formula is C6H5N3O. The summed E-state index contributed by atoms with van der Waals surface area (Å²) >= 11 is 0. The van der Waals surface area contributed by atoms with Gasteiger partial charge in [-0.2, -0.15) is 0 Å². The van der Waals surface area contributed by atoms with E-state index < -0.39 is 0 Å². The van der Waals surface area contributed by atoms with Crippen LogP contribution in [-0.2, 0) is 0 Å². The average molecular weight is 135 g/mol. The first kappa shape index (κ1) is 5.22. The van der Waals surface area contributed by atoms with E-state index in [-0.39, 0.29) is 0 Å². The highest BCUT2D eigenvalue weighted by Gasteiger charge is 1.98. The van der Waals surface area contributed by atoms with Crippen LogP contribution in [0, 0.1) is 5.41 Å². The molecule has 0 saturated heterocycles. The molecule has 10 heavy (non-hydrogen) atoms. The molecule has 0 radical (unpaired) electrons. The van der Waals surface area contributed by atoms with Crippen LogP contribution in [0.1, 0.15) is 5.56 Å². The molecule has 2 rings (SSSR count). The van der Waals surface area contributed by atoms with Gasteiger partial charge in [-0.1, -0.05) is 5.16 Å². The topological polar surface area (TPSA) is 54.3 Å². The zero-order valence-electron chi connectivity index (χ0n) is 5.11. The summed E-state index contributed by atoms with van der Waals surface area (Å²) in [6.07, 6.45) is 4.60. The Morgan fingerprint density at radius 2 is 2.60 bits per heavy atom. The highest BCUT2D eigenvalue weighted by molar-refractivity contribution is 5.78. The highest BCUT2D eigenvalue weighted by atomic mass is 16.5. The van der Waals surface area contributed by atoms with Crippen LogP contribution in [-0.4, -0.2) is 15.8 Å². The summed E-state index contributed by atoms with van der Waals surface area (Å²) in [5.41, 5.74) is 1.49. The van der Waals surface area contributed by atoms with Gasteiger partial charge in [0.2, 0.25) is 5.71 Å². The Hall–Kier alpha value is -1.58. The molecule has 0 aliphatic carbocycles. The minimum absolute atomic E-state index is 0.665. The Labute approximate surface area is 56.6 Å². The van der Waals surface area contributed by atoms with Crippen molar-refractivity contribution in [3.8, 4) is 0 Å². The van der Waals surface area contributed by atoms with Crippen LogP contribution in [0.3, 0.4) is 0 Å². The van der Waals surface area contributed by atoms with Gasteiger partial charge in [0.1, 0.15) is 6.33 Å². The van der Waals surface area contributed by atoms with Crippen molar-refractivity contribution in [3.05, 3.63) is 24.2 Å². The lowest BCUT2D eigenvalue weighted by molar-refractivity contribution is 0.455. The van der Waals surface area contributed by atoms with Crippen LogP contribution in [0.5, 0.6) is 0 Å². The predicted octanol–water partition coefficient (Wildman–Crippen LogP) is 0.925. The number of nitrogens with zero attached hydrogens (tertiary/aromatic N) is 2. The number of hydrogen-bond acceptors (Lipinski definition) is 3. The lowest BCUT2D eigenvalue weighted by atomic mass is 10.4. The largest absolute Gasteiger partial charge is 0.336 e. The first-order chi connectivity index (χ1) is 4.90. The van der Waals surface area contributed by atoms with Crippen LogP contribution < -0.4 is 0 Å². The van der Waals surface area contributed by atoms with E-state index in [1.165, 1.54) is 6.21 Å². The van der Waals surface area contributed by atoms with Gasteiger partial charge in [-0.3, -0.25) is 4.40 Å². The van der Waals surface area contributed by atoms with E-state index in [9.17, 15) is 0 Å². The van der Waals surface area contributed by atoms with Gasteiger partial charge in [0, 0.05) is 24.0 Å². The summed E-state index contributed by atoms with van der Waals surface area (Å²) in [4.78, 5) is 0. The average Bonchev–Trinajstić information content (AvgIpc) is 2.42. The maximum atomic E-state index is 6.91. The normalized spacial score (nSPS) is 10.4. The van der Waals surface area contributed by atoms with Crippen molar-refractivity contribution in [3.63, 3.8) is 0 Å². The van der Waals surface area contributed by atoms with E-state index in [2.05, 4.69) is 5.16 Å². The van der Waals surface area contributed by atoms with Crippen molar-refractivity contribution in [1.29, 1.82) is 5.41 Å². The summed E-state index contributed by atoms with van der Waals surface area (Å²) in [6.45, 7) is 0. The lowest BCUT2D eigenvalue weighted by Gasteiger charge is -1.73. The minimum atomic E-state index is 0.665. The Kier molecular flexibility index (Phi) is 0.887. The molecule has 1 N–H and O–H groups in total. The molecule has 4 nitrogen and oxygen atoms in total. The Morgan fingerprint density at radius 1 is 1.70 bits per heavy atom. The van der Waals surface area contributed by atoms with Gasteiger partial charge in [-0.25, -0.2) is 0 Å². The SMILES string of the molecule is N=Cc1cc2oncn2c1. The van der Waals surface area contributed by atoms with Gasteiger partial charge >= 0.3 is 0 Å². The second kappa shape index (κ2) is 1.70. The Bertz CT molecular complexity index is 331. The first-order valence-electron chi connectivity index (χ1n) is 2.83. The minimum Gasteiger partial charge on any atom is -0.336 e. The number of rotatable bonds is 1. The number of fused-ring (bicyclic) bond motifs is 1. The molecule has 0 saturated carbocycles. The molecule has 0 unspecified atom stereocenters. The lowest BCUT2D eigenvalue weighted by Crippen LogP contribution is -1.72. The standard InChI is InChI=1S/C6H5N3O/c7-2-5-1-6-9(3-5)4-8-10-6/h1-4,7H. The van der Waals surface area contributed by atoms with Crippen LogP contribution in [0.25, 0.3) is 5.71 Å². The predicted molar refractivity (Wildman–Crippen MR) is 35.3 cm³/mol. The van der Waals surface area contributed by atoms with E-state index in [0.29, 0.717) is 5.71 Å². The van der Waals surface area contributed by atoms with E-state index in [1.54, 1.807) is 23.0 Å². The monoisotopic (exact) mass is 135 g/mol. The van der Waals surface area contributed by atoms with Gasteiger partial charge < -0.3 is 9.93 Å². The van der Waals surface area contributed by atoms with Crippen molar-refractivity contribution in [2.75, 3.05) is 0 Å².